The Labute approximate surface area is 116 Å². The molecule has 1 aliphatic rings. The van der Waals surface area contributed by atoms with E-state index in [0.717, 1.165) is 0 Å². The van der Waals surface area contributed by atoms with Gasteiger partial charge in [-0.15, -0.1) is 0 Å². The first kappa shape index (κ1) is 15.0. The van der Waals surface area contributed by atoms with Crippen molar-refractivity contribution in [3.05, 3.63) is 28.3 Å². The summed E-state index contributed by atoms with van der Waals surface area (Å²) in [6.07, 6.45) is 6.68. The third kappa shape index (κ3) is 4.31. The van der Waals surface area contributed by atoms with Crippen LogP contribution in [0.2, 0.25) is 0 Å². The molecule has 2 rings (SSSR count). The molecule has 16 heavy (non-hydrogen) atoms. The summed E-state index contributed by atoms with van der Waals surface area (Å²) >= 11 is -1.92. The van der Waals surface area contributed by atoms with Gasteiger partial charge in [-0.1, -0.05) is 46.0 Å². The molecule has 0 saturated carbocycles. The monoisotopic (exact) mass is 314 g/mol. The number of halogens is 3. The van der Waals surface area contributed by atoms with E-state index in [1.54, 1.807) is 22.3 Å². The van der Waals surface area contributed by atoms with Crippen molar-refractivity contribution < 1.29 is 14.7 Å². The Bertz CT molecular complexity index is 328. The van der Waals surface area contributed by atoms with Crippen LogP contribution in [0.3, 0.4) is 0 Å². The molecule has 0 radical (unpaired) electrons. The first-order chi connectivity index (χ1) is 7.56. The first-order valence-electron chi connectivity index (χ1n) is 5.66. The Morgan fingerprint density at radius 3 is 2.31 bits per heavy atom. The summed E-state index contributed by atoms with van der Waals surface area (Å²) in [5.41, 5.74) is 6.50. The molecule has 0 heterocycles. The average Bonchev–Trinajstić information content (AvgIpc) is 2.55. The quantitative estimate of drug-likeness (QED) is 0.492. The zero-order valence-electron chi connectivity index (χ0n) is 9.75. The number of fused-ring (bicyclic) bond motifs is 1. The third-order valence-electron chi connectivity index (χ3n) is 3.17. The van der Waals surface area contributed by atoms with Crippen molar-refractivity contribution in [1.82, 2.24) is 0 Å². The Morgan fingerprint density at radius 1 is 1.25 bits per heavy atom. The van der Waals surface area contributed by atoms with Crippen LogP contribution in [0, 0.1) is 6.92 Å². The zero-order valence-corrected chi connectivity index (χ0v) is 13.6. The van der Waals surface area contributed by atoms with E-state index in [1.165, 1.54) is 32.1 Å². The van der Waals surface area contributed by atoms with Gasteiger partial charge in [-0.2, -0.15) is 22.3 Å². The molecule has 0 fully saturated rings. The van der Waals surface area contributed by atoms with Crippen LogP contribution in [0.4, 0.5) is 0 Å². The maximum atomic E-state index is 4.97. The molecule has 4 heteroatoms. The minimum absolute atomic E-state index is 1.21. The maximum absolute atomic E-state index is 4.97. The number of hydrogen-bond acceptors (Lipinski definition) is 0. The van der Waals surface area contributed by atoms with E-state index in [4.69, 9.17) is 27.9 Å². The second-order valence-corrected chi connectivity index (χ2v) is 11.8. The molecule has 1 aliphatic carbocycles. The van der Waals surface area contributed by atoms with E-state index in [1.807, 2.05) is 0 Å². The van der Waals surface area contributed by atoms with Crippen molar-refractivity contribution >= 4 is 27.9 Å². The van der Waals surface area contributed by atoms with Crippen molar-refractivity contribution in [2.24, 2.45) is 0 Å². The van der Waals surface area contributed by atoms with Crippen molar-refractivity contribution in [2.75, 3.05) is 0 Å². The fourth-order valence-electron chi connectivity index (χ4n) is 2.40. The molecule has 0 unspecified atom stereocenters. The third-order valence-corrected chi connectivity index (χ3v) is 3.17. The van der Waals surface area contributed by atoms with Gasteiger partial charge in [0.15, 0.2) is 0 Å². The summed E-state index contributed by atoms with van der Waals surface area (Å²) in [6.45, 7) is 4.55. The van der Waals surface area contributed by atoms with Gasteiger partial charge in [0.1, 0.15) is 0 Å². The summed E-state index contributed by atoms with van der Waals surface area (Å²) < 4.78 is 0. The molecule has 0 N–H and O–H groups in total. The Kier molecular flexibility index (Phi) is 6.92. The van der Waals surface area contributed by atoms with Crippen LogP contribution in [0.15, 0.2) is 6.07 Å². The second-order valence-electron chi connectivity index (χ2n) is 4.07. The van der Waals surface area contributed by atoms with Gasteiger partial charge in [0.25, 0.3) is 0 Å². The van der Waals surface area contributed by atoms with Crippen LogP contribution in [0.5, 0.6) is 0 Å². The van der Waals surface area contributed by atoms with Gasteiger partial charge in [0, 0.05) is 0 Å². The van der Waals surface area contributed by atoms with Gasteiger partial charge < -0.3 is 0 Å². The Hall–Kier alpha value is 0.934. The summed E-state index contributed by atoms with van der Waals surface area (Å²) in [5, 5.41) is 0. The van der Waals surface area contributed by atoms with E-state index in [9.17, 15) is 0 Å². The second kappa shape index (κ2) is 7.39. The number of rotatable bonds is 1. The molecule has 0 bridgehead atoms. The minimum atomic E-state index is -1.92. The zero-order chi connectivity index (χ0) is 12.1. The summed E-state index contributed by atoms with van der Waals surface area (Å²) in [6, 6.07) is 2.43. The molecule has 90 valence electrons. The molecule has 0 spiro atoms. The molecular weight excluding hydrogens is 298 g/mol. The molecule has 1 aromatic carbocycles. The molecule has 0 atom stereocenters. The van der Waals surface area contributed by atoms with Crippen LogP contribution in [-0.4, -0.2) is 0 Å². The van der Waals surface area contributed by atoms with Gasteiger partial charge in [0.2, 0.25) is 0 Å². The van der Waals surface area contributed by atoms with E-state index < -0.39 is 14.7 Å². The number of hydrogen-bond donors (Lipinski definition) is 0. The van der Waals surface area contributed by atoms with E-state index >= 15 is 0 Å². The van der Waals surface area contributed by atoms with Gasteiger partial charge in [-0.25, -0.2) is 6.07 Å². The average molecular weight is 315 g/mol. The van der Waals surface area contributed by atoms with Gasteiger partial charge in [0.05, 0.1) is 0 Å². The molecule has 0 amide bonds. The van der Waals surface area contributed by atoms with Crippen molar-refractivity contribution in [3.63, 3.8) is 0 Å². The van der Waals surface area contributed by atoms with Crippen molar-refractivity contribution in [2.45, 2.75) is 46.0 Å². The summed E-state index contributed by atoms with van der Waals surface area (Å²) in [5.74, 6) is 0. The SMILES string of the molecule is CCc1cc2c([c-]1C)CCCC2.[Cl][Ti+]([Cl])[Cl]. The Balaban J connectivity index is 0.000000280. The fourth-order valence-corrected chi connectivity index (χ4v) is 2.40. The van der Waals surface area contributed by atoms with Gasteiger partial charge in [-0.05, 0) is 0 Å². The van der Waals surface area contributed by atoms with Crippen molar-refractivity contribution in [3.8, 4) is 0 Å². The molecule has 1 aromatic rings. The molecule has 0 aliphatic heterocycles. The van der Waals surface area contributed by atoms with Crippen LogP contribution in [0.25, 0.3) is 0 Å². The molecule has 0 nitrogen and oxygen atoms in total. The molecular formula is C12H17Cl3Ti. The number of aryl methyl sites for hydroxylation is 2. The van der Waals surface area contributed by atoms with Crippen LogP contribution in [0.1, 0.15) is 42.0 Å². The predicted octanol–water partition coefficient (Wildman–Crippen LogP) is 5.22. The molecule has 0 aromatic heterocycles. The summed E-state index contributed by atoms with van der Waals surface area (Å²) in [4.78, 5) is 0. The van der Waals surface area contributed by atoms with E-state index in [0.29, 0.717) is 0 Å². The van der Waals surface area contributed by atoms with E-state index in [-0.39, 0.29) is 0 Å². The van der Waals surface area contributed by atoms with Gasteiger partial charge >= 0.3 is 42.6 Å². The normalized spacial score (nSPS) is 13.8. The molecule has 0 saturated heterocycles. The van der Waals surface area contributed by atoms with Gasteiger partial charge in [-0.3, -0.25) is 0 Å². The topological polar surface area (TPSA) is 0 Å². The van der Waals surface area contributed by atoms with E-state index in [2.05, 4.69) is 19.9 Å². The first-order valence-corrected chi connectivity index (χ1v) is 12.1. The predicted molar refractivity (Wildman–Crippen MR) is 70.4 cm³/mol. The Morgan fingerprint density at radius 2 is 1.81 bits per heavy atom. The van der Waals surface area contributed by atoms with Crippen LogP contribution in [-0.2, 0) is 34.0 Å². The fraction of sp³-hybridized carbons (Fsp3) is 0.583. The summed E-state index contributed by atoms with van der Waals surface area (Å²) in [7, 11) is 14.9. The standard InChI is InChI=1S/C12H17.3ClH.Ti/c1-3-10-8-11-6-4-5-7-12(11)9(10)2;;;;/h8H,3-7H2,1-2H3;3*1H;/q-1;;;;+4/p-3. The van der Waals surface area contributed by atoms with Crippen LogP contribution < -0.4 is 0 Å². The van der Waals surface area contributed by atoms with Crippen molar-refractivity contribution in [1.29, 1.82) is 0 Å². The van der Waals surface area contributed by atoms with Crippen LogP contribution >= 0.6 is 27.9 Å².